The highest BCUT2D eigenvalue weighted by Gasteiger charge is 2.25. The van der Waals surface area contributed by atoms with Gasteiger partial charge in [0, 0.05) is 18.7 Å². The lowest BCUT2D eigenvalue weighted by Gasteiger charge is -2.30. The summed E-state index contributed by atoms with van der Waals surface area (Å²) in [6.07, 6.45) is 2.63. The molecular formula is C13H13N3O. The predicted molar refractivity (Wildman–Crippen MR) is 63.8 cm³/mol. The fourth-order valence-corrected chi connectivity index (χ4v) is 2.24. The van der Waals surface area contributed by atoms with Crippen LogP contribution in [0.25, 0.3) is 0 Å². The number of rotatable bonds is 3. The molecule has 1 amide bonds. The Kier molecular flexibility index (Phi) is 2.40. The number of amides is 1. The number of aromatic nitrogens is 2. The minimum Gasteiger partial charge on any atom is -0.350 e. The second kappa shape index (κ2) is 4.05. The second-order valence-electron chi connectivity index (χ2n) is 4.28. The average molecular weight is 227 g/mol. The normalized spacial score (nSPS) is 17.1. The molecule has 2 aromatic rings. The van der Waals surface area contributed by atoms with E-state index in [0.717, 1.165) is 6.42 Å². The Labute approximate surface area is 99.1 Å². The second-order valence-corrected chi connectivity index (χ2v) is 4.28. The van der Waals surface area contributed by atoms with Gasteiger partial charge in [-0.15, -0.1) is 0 Å². The predicted octanol–water partition coefficient (Wildman–Crippen LogP) is 1.48. The van der Waals surface area contributed by atoms with E-state index in [1.165, 1.54) is 11.1 Å². The summed E-state index contributed by atoms with van der Waals surface area (Å²) in [6, 6.07) is 10.0. The van der Waals surface area contributed by atoms with Crippen LogP contribution in [0.2, 0.25) is 0 Å². The minimum atomic E-state index is -0.0909. The Morgan fingerprint density at radius 2 is 2.29 bits per heavy atom. The summed E-state index contributed by atoms with van der Waals surface area (Å²) < 4.78 is 0. The van der Waals surface area contributed by atoms with Crippen LogP contribution in [0, 0.1) is 0 Å². The molecule has 1 atom stereocenters. The lowest BCUT2D eigenvalue weighted by atomic mass is 9.77. The van der Waals surface area contributed by atoms with E-state index >= 15 is 0 Å². The van der Waals surface area contributed by atoms with Crippen molar-refractivity contribution in [1.82, 2.24) is 15.5 Å². The van der Waals surface area contributed by atoms with Gasteiger partial charge in [0.15, 0.2) is 0 Å². The van der Waals surface area contributed by atoms with Crippen molar-refractivity contribution in [2.45, 2.75) is 12.3 Å². The smallest absolute Gasteiger partial charge is 0.269 e. The molecule has 17 heavy (non-hydrogen) atoms. The van der Waals surface area contributed by atoms with Crippen LogP contribution in [-0.2, 0) is 6.42 Å². The Morgan fingerprint density at radius 1 is 1.41 bits per heavy atom. The fraction of sp³-hybridized carbons (Fsp3) is 0.231. The lowest BCUT2D eigenvalue weighted by molar-refractivity contribution is 0.0945. The van der Waals surface area contributed by atoms with Gasteiger partial charge in [-0.25, -0.2) is 0 Å². The molecular weight excluding hydrogens is 214 g/mol. The summed E-state index contributed by atoms with van der Waals surface area (Å²) in [4.78, 5) is 11.7. The number of nitrogens with zero attached hydrogens (tertiary/aromatic N) is 1. The molecule has 86 valence electrons. The first kappa shape index (κ1) is 10.1. The van der Waals surface area contributed by atoms with E-state index in [2.05, 4.69) is 33.7 Å². The van der Waals surface area contributed by atoms with Gasteiger partial charge in [0.05, 0.1) is 0 Å². The Bertz CT molecular complexity index is 533. The fourth-order valence-electron chi connectivity index (χ4n) is 2.24. The number of carbonyl (C=O) groups is 1. The molecule has 3 rings (SSSR count). The molecule has 0 aliphatic heterocycles. The van der Waals surface area contributed by atoms with E-state index in [4.69, 9.17) is 0 Å². The Hall–Kier alpha value is -2.10. The van der Waals surface area contributed by atoms with Crippen LogP contribution < -0.4 is 5.32 Å². The third-order valence-electron chi connectivity index (χ3n) is 3.22. The molecule has 0 spiro atoms. The number of benzene rings is 1. The first-order valence-corrected chi connectivity index (χ1v) is 5.70. The largest absolute Gasteiger partial charge is 0.350 e. The maximum atomic E-state index is 11.7. The molecule has 2 N–H and O–H groups in total. The zero-order valence-electron chi connectivity index (χ0n) is 9.31. The summed E-state index contributed by atoms with van der Waals surface area (Å²) in [6.45, 7) is 0.689. The van der Waals surface area contributed by atoms with E-state index < -0.39 is 0 Å². The highest BCUT2D eigenvalue weighted by Crippen LogP contribution is 2.33. The lowest BCUT2D eigenvalue weighted by Crippen LogP contribution is -2.33. The van der Waals surface area contributed by atoms with Crippen LogP contribution in [0.1, 0.15) is 27.5 Å². The van der Waals surface area contributed by atoms with Gasteiger partial charge >= 0.3 is 0 Å². The van der Waals surface area contributed by atoms with Gasteiger partial charge < -0.3 is 5.32 Å². The van der Waals surface area contributed by atoms with Crippen molar-refractivity contribution in [3.8, 4) is 0 Å². The summed E-state index contributed by atoms with van der Waals surface area (Å²) in [5, 5.41) is 9.33. The summed E-state index contributed by atoms with van der Waals surface area (Å²) in [5.74, 6) is 0.366. The Balaban J connectivity index is 1.59. The molecule has 1 aliphatic carbocycles. The van der Waals surface area contributed by atoms with Gasteiger partial charge in [-0.1, -0.05) is 24.3 Å². The number of aromatic amines is 1. The third kappa shape index (κ3) is 1.82. The number of H-pyrrole nitrogens is 1. The van der Waals surface area contributed by atoms with Crippen LogP contribution >= 0.6 is 0 Å². The monoisotopic (exact) mass is 227 g/mol. The van der Waals surface area contributed by atoms with Gasteiger partial charge in [-0.05, 0) is 23.6 Å². The first-order valence-electron chi connectivity index (χ1n) is 5.70. The van der Waals surface area contributed by atoms with E-state index in [1.807, 2.05) is 6.07 Å². The SMILES string of the molecule is O=C(NC[C@H]1Cc2ccccc21)c1ccn[nH]1. The Morgan fingerprint density at radius 3 is 3.06 bits per heavy atom. The molecule has 1 aliphatic rings. The van der Waals surface area contributed by atoms with Gasteiger partial charge in [-0.3, -0.25) is 9.89 Å². The van der Waals surface area contributed by atoms with Gasteiger partial charge in [0.2, 0.25) is 0 Å². The maximum Gasteiger partial charge on any atom is 0.269 e. The van der Waals surface area contributed by atoms with Crippen molar-refractivity contribution in [1.29, 1.82) is 0 Å². The highest BCUT2D eigenvalue weighted by atomic mass is 16.1. The number of carbonyl (C=O) groups excluding carboxylic acids is 1. The van der Waals surface area contributed by atoms with E-state index in [-0.39, 0.29) is 5.91 Å². The quantitative estimate of drug-likeness (QED) is 0.834. The van der Waals surface area contributed by atoms with Gasteiger partial charge in [-0.2, -0.15) is 5.10 Å². The van der Waals surface area contributed by atoms with E-state index in [9.17, 15) is 4.79 Å². The van der Waals surface area contributed by atoms with Crippen molar-refractivity contribution in [2.75, 3.05) is 6.54 Å². The summed E-state index contributed by atoms with van der Waals surface area (Å²) in [7, 11) is 0. The van der Waals surface area contributed by atoms with Crippen molar-refractivity contribution in [2.24, 2.45) is 0 Å². The molecule has 1 aromatic carbocycles. The highest BCUT2D eigenvalue weighted by molar-refractivity contribution is 5.92. The van der Waals surface area contributed by atoms with Gasteiger partial charge in [0.25, 0.3) is 5.91 Å². The molecule has 4 heteroatoms. The molecule has 0 saturated heterocycles. The number of hydrogen-bond donors (Lipinski definition) is 2. The van der Waals surface area contributed by atoms with Crippen molar-refractivity contribution in [3.63, 3.8) is 0 Å². The first-order chi connectivity index (χ1) is 8.34. The molecule has 0 unspecified atom stereocenters. The zero-order valence-corrected chi connectivity index (χ0v) is 9.31. The molecule has 0 fully saturated rings. The molecule has 1 aromatic heterocycles. The standard InChI is InChI=1S/C13H13N3O/c17-13(12-5-6-15-16-12)14-8-10-7-9-3-1-2-4-11(9)10/h1-6,10H,7-8H2,(H,14,17)(H,15,16)/t10-/m1/s1. The topological polar surface area (TPSA) is 57.8 Å². The van der Waals surface area contributed by atoms with Crippen LogP contribution in [0.4, 0.5) is 0 Å². The average Bonchev–Trinajstić information content (AvgIpc) is 2.83. The van der Waals surface area contributed by atoms with Crippen LogP contribution in [0.15, 0.2) is 36.5 Å². The van der Waals surface area contributed by atoms with Gasteiger partial charge in [0.1, 0.15) is 5.69 Å². The number of hydrogen-bond acceptors (Lipinski definition) is 2. The summed E-state index contributed by atoms with van der Waals surface area (Å²) in [5.41, 5.74) is 3.27. The molecule has 0 radical (unpaired) electrons. The van der Waals surface area contributed by atoms with Crippen molar-refractivity contribution < 1.29 is 4.79 Å². The number of fused-ring (bicyclic) bond motifs is 1. The molecule has 1 heterocycles. The van der Waals surface area contributed by atoms with Crippen molar-refractivity contribution in [3.05, 3.63) is 53.3 Å². The number of nitrogens with one attached hydrogen (secondary N) is 2. The minimum absolute atomic E-state index is 0.0909. The maximum absolute atomic E-state index is 11.7. The molecule has 0 bridgehead atoms. The molecule has 4 nitrogen and oxygen atoms in total. The molecule has 0 saturated carbocycles. The van der Waals surface area contributed by atoms with Crippen LogP contribution in [0.3, 0.4) is 0 Å². The summed E-state index contributed by atoms with van der Waals surface area (Å²) >= 11 is 0. The van der Waals surface area contributed by atoms with Crippen molar-refractivity contribution >= 4 is 5.91 Å². The van der Waals surface area contributed by atoms with E-state index in [1.54, 1.807) is 12.3 Å². The van der Waals surface area contributed by atoms with Crippen LogP contribution in [0.5, 0.6) is 0 Å². The zero-order chi connectivity index (χ0) is 11.7. The third-order valence-corrected chi connectivity index (χ3v) is 3.22. The van der Waals surface area contributed by atoms with E-state index in [0.29, 0.717) is 18.2 Å². The van der Waals surface area contributed by atoms with Crippen LogP contribution in [-0.4, -0.2) is 22.6 Å².